The predicted molar refractivity (Wildman–Crippen MR) is 180 cm³/mol. The highest BCUT2D eigenvalue weighted by molar-refractivity contribution is 14.1. The molecule has 0 saturated carbocycles. The van der Waals surface area contributed by atoms with Crippen molar-refractivity contribution in [3.63, 3.8) is 0 Å². The van der Waals surface area contributed by atoms with Crippen molar-refractivity contribution in [2.75, 3.05) is 13.4 Å². The molecule has 43 heavy (non-hydrogen) atoms. The molecule has 0 fully saturated rings. The molecule has 1 aromatic heterocycles. The molecule has 0 aliphatic carbocycles. The van der Waals surface area contributed by atoms with Crippen LogP contribution in [0.25, 0.3) is 6.08 Å². The molecule has 0 unspecified atom stereocenters. The van der Waals surface area contributed by atoms with Crippen LogP contribution in [-0.4, -0.2) is 23.9 Å². The Labute approximate surface area is 278 Å². The Hall–Kier alpha value is -3.17. The van der Waals surface area contributed by atoms with Gasteiger partial charge in [0.2, 0.25) is 6.79 Å². The number of benzene rings is 3. The lowest BCUT2D eigenvalue weighted by atomic mass is 9.95. The van der Waals surface area contributed by atoms with Gasteiger partial charge in [0.05, 0.1) is 35.6 Å². The van der Waals surface area contributed by atoms with E-state index in [1.165, 1.54) is 11.3 Å². The number of carbonyl (C=O) groups excluding carboxylic acids is 1. The molecule has 3 heterocycles. The summed E-state index contributed by atoms with van der Waals surface area (Å²) < 4.78 is 26.4. The lowest BCUT2D eigenvalue weighted by molar-refractivity contribution is -0.139. The second-order valence-electron chi connectivity index (χ2n) is 10.0. The second kappa shape index (κ2) is 12.4. The standard InChI is InChI=1S/C32H26I2N2O6S/c1-4-39-31(38)27-18(3)35-32-36(28(27)21-8-5-17(2)6-9-21)30(37)26(43-32)14-20-11-22(33)29(23(34)12-20)40-15-19-7-10-24-25(13-19)42-16-41-24/h5-14,28H,4,15-16H2,1-3H3/b26-14+/t28-/m1/s1. The van der Waals surface area contributed by atoms with Gasteiger partial charge in [-0.3, -0.25) is 9.36 Å². The summed E-state index contributed by atoms with van der Waals surface area (Å²) >= 11 is 5.82. The Morgan fingerprint density at radius 3 is 2.51 bits per heavy atom. The average Bonchev–Trinajstić information content (AvgIpc) is 3.56. The van der Waals surface area contributed by atoms with Crippen LogP contribution >= 0.6 is 56.5 Å². The molecule has 11 heteroatoms. The molecule has 1 atom stereocenters. The fraction of sp³-hybridized carbons (Fsp3) is 0.219. The molecule has 2 aliphatic heterocycles. The van der Waals surface area contributed by atoms with Crippen molar-refractivity contribution in [1.82, 2.24) is 4.57 Å². The Balaban J connectivity index is 1.35. The maximum absolute atomic E-state index is 13.9. The number of esters is 1. The van der Waals surface area contributed by atoms with E-state index in [0.717, 1.165) is 46.6 Å². The van der Waals surface area contributed by atoms with Gasteiger partial charge in [0, 0.05) is 0 Å². The van der Waals surface area contributed by atoms with Gasteiger partial charge < -0.3 is 18.9 Å². The van der Waals surface area contributed by atoms with E-state index >= 15 is 0 Å². The topological polar surface area (TPSA) is 88.4 Å². The molecule has 0 saturated heterocycles. The molecule has 0 bridgehead atoms. The summed E-state index contributed by atoms with van der Waals surface area (Å²) in [6, 6.07) is 17.0. The first-order valence-corrected chi connectivity index (χ1v) is 16.5. The van der Waals surface area contributed by atoms with Crippen LogP contribution in [0.15, 0.2) is 75.7 Å². The van der Waals surface area contributed by atoms with Crippen molar-refractivity contribution in [1.29, 1.82) is 0 Å². The van der Waals surface area contributed by atoms with Gasteiger partial charge >= 0.3 is 5.97 Å². The highest BCUT2D eigenvalue weighted by Gasteiger charge is 2.33. The van der Waals surface area contributed by atoms with E-state index < -0.39 is 12.0 Å². The molecular weight excluding hydrogens is 794 g/mol. The van der Waals surface area contributed by atoms with E-state index in [9.17, 15) is 9.59 Å². The fourth-order valence-corrected chi connectivity index (χ4v) is 8.17. The summed E-state index contributed by atoms with van der Waals surface area (Å²) in [6.07, 6.45) is 1.87. The maximum Gasteiger partial charge on any atom is 0.338 e. The molecule has 2 aliphatic rings. The molecule has 8 nitrogen and oxygen atoms in total. The van der Waals surface area contributed by atoms with Crippen molar-refractivity contribution in [2.24, 2.45) is 4.99 Å². The van der Waals surface area contributed by atoms with E-state index in [-0.39, 0.29) is 19.0 Å². The molecule has 4 aromatic rings. The van der Waals surface area contributed by atoms with Crippen molar-refractivity contribution in [3.8, 4) is 17.2 Å². The van der Waals surface area contributed by atoms with Gasteiger partial charge in [-0.1, -0.05) is 47.2 Å². The van der Waals surface area contributed by atoms with Crippen LogP contribution in [0.1, 0.15) is 42.1 Å². The zero-order chi connectivity index (χ0) is 30.2. The SMILES string of the molecule is CCOC(=O)C1=C(C)N=c2s/c(=C/c3cc(I)c(OCc4ccc5c(c4)OCO5)c(I)c3)c(=O)n2[C@@H]1c1ccc(C)cc1. The van der Waals surface area contributed by atoms with Crippen LogP contribution in [0.5, 0.6) is 17.2 Å². The summed E-state index contributed by atoms with van der Waals surface area (Å²) in [4.78, 5) is 32.2. The maximum atomic E-state index is 13.9. The van der Waals surface area contributed by atoms with Crippen LogP contribution in [0.2, 0.25) is 0 Å². The lowest BCUT2D eigenvalue weighted by Crippen LogP contribution is -2.39. The third-order valence-corrected chi connectivity index (χ3v) is 9.63. The van der Waals surface area contributed by atoms with Gasteiger partial charge in [-0.15, -0.1) is 0 Å². The number of rotatable bonds is 7. The molecule has 0 spiro atoms. The molecular formula is C32H26I2N2O6S. The van der Waals surface area contributed by atoms with Gasteiger partial charge in [-0.05, 0) is 113 Å². The summed E-state index contributed by atoms with van der Waals surface area (Å²) in [5.41, 5.74) is 4.45. The normalized spacial score (nSPS) is 15.7. The van der Waals surface area contributed by atoms with Crippen LogP contribution in [0, 0.1) is 14.1 Å². The number of thiazole rings is 1. The third kappa shape index (κ3) is 5.98. The Morgan fingerprint density at radius 1 is 1.07 bits per heavy atom. The highest BCUT2D eigenvalue weighted by atomic mass is 127. The monoisotopic (exact) mass is 820 g/mol. The molecule has 6 rings (SSSR count). The van der Waals surface area contributed by atoms with E-state index in [1.807, 2.05) is 67.6 Å². The van der Waals surface area contributed by atoms with Crippen molar-refractivity contribution >= 4 is 68.6 Å². The van der Waals surface area contributed by atoms with E-state index in [1.54, 1.807) is 18.4 Å². The minimum absolute atomic E-state index is 0.211. The first kappa shape index (κ1) is 29.9. The number of halogens is 2. The van der Waals surface area contributed by atoms with Gasteiger partial charge in [0.25, 0.3) is 5.56 Å². The first-order chi connectivity index (χ1) is 20.7. The average molecular weight is 820 g/mol. The lowest BCUT2D eigenvalue weighted by Gasteiger charge is -2.24. The van der Waals surface area contributed by atoms with Gasteiger partial charge in [-0.2, -0.15) is 0 Å². The predicted octanol–water partition coefficient (Wildman–Crippen LogP) is 5.62. The van der Waals surface area contributed by atoms with Crippen molar-refractivity contribution in [2.45, 2.75) is 33.4 Å². The van der Waals surface area contributed by atoms with E-state index in [4.69, 9.17) is 18.9 Å². The van der Waals surface area contributed by atoms with E-state index in [2.05, 4.69) is 50.2 Å². The summed E-state index contributed by atoms with van der Waals surface area (Å²) in [5.74, 6) is 1.76. The fourth-order valence-electron chi connectivity index (χ4n) is 4.99. The minimum atomic E-state index is -0.634. The number of hydrogen-bond acceptors (Lipinski definition) is 8. The van der Waals surface area contributed by atoms with Crippen LogP contribution in [0.3, 0.4) is 0 Å². The summed E-state index contributed by atoms with van der Waals surface area (Å²) in [6.45, 7) is 6.39. The zero-order valence-corrected chi connectivity index (χ0v) is 28.6. The summed E-state index contributed by atoms with van der Waals surface area (Å²) in [7, 11) is 0. The largest absolute Gasteiger partial charge is 0.487 e. The van der Waals surface area contributed by atoms with Gasteiger partial charge in [-0.25, -0.2) is 9.79 Å². The van der Waals surface area contributed by atoms with Crippen molar-refractivity contribution < 1.29 is 23.7 Å². The van der Waals surface area contributed by atoms with Gasteiger partial charge in [0.1, 0.15) is 12.4 Å². The van der Waals surface area contributed by atoms with Crippen LogP contribution in [-0.2, 0) is 16.1 Å². The number of nitrogens with zero attached hydrogens (tertiary/aromatic N) is 2. The number of allylic oxidation sites excluding steroid dienone is 1. The Morgan fingerprint density at radius 2 is 1.79 bits per heavy atom. The minimum Gasteiger partial charge on any atom is -0.487 e. The van der Waals surface area contributed by atoms with Gasteiger partial charge in [0.15, 0.2) is 16.3 Å². The van der Waals surface area contributed by atoms with Crippen LogP contribution < -0.4 is 29.1 Å². The quantitative estimate of drug-likeness (QED) is 0.178. The molecule has 0 radical (unpaired) electrons. The zero-order valence-electron chi connectivity index (χ0n) is 23.5. The smallest absolute Gasteiger partial charge is 0.338 e. The number of hydrogen-bond donors (Lipinski definition) is 0. The highest BCUT2D eigenvalue weighted by Crippen LogP contribution is 2.35. The number of aryl methyl sites for hydroxylation is 1. The number of carbonyl (C=O) groups is 1. The molecule has 3 aromatic carbocycles. The molecule has 0 N–H and O–H groups in total. The molecule has 0 amide bonds. The number of ether oxygens (including phenoxy) is 4. The Bertz CT molecular complexity index is 1940. The third-order valence-electron chi connectivity index (χ3n) is 7.05. The second-order valence-corrected chi connectivity index (χ2v) is 13.3. The van der Waals surface area contributed by atoms with Crippen LogP contribution in [0.4, 0.5) is 0 Å². The van der Waals surface area contributed by atoms with E-state index in [0.29, 0.717) is 27.2 Å². The summed E-state index contributed by atoms with van der Waals surface area (Å²) in [5, 5.41) is 0. The molecule has 220 valence electrons. The number of aromatic nitrogens is 1. The van der Waals surface area contributed by atoms with Crippen molar-refractivity contribution in [3.05, 3.63) is 115 Å². The Kier molecular flexibility index (Phi) is 8.65. The first-order valence-electron chi connectivity index (χ1n) is 13.5. The number of fused-ring (bicyclic) bond motifs is 2.